The number of ether oxygens (including phenoxy) is 1. The molecule has 0 fully saturated rings. The van der Waals surface area contributed by atoms with Crippen molar-refractivity contribution in [1.82, 2.24) is 9.97 Å². The Balaban J connectivity index is 2.42. The van der Waals surface area contributed by atoms with Crippen LogP contribution in [0.25, 0.3) is 11.1 Å². The Hall–Kier alpha value is -1.90. The highest BCUT2D eigenvalue weighted by Crippen LogP contribution is 2.26. The summed E-state index contributed by atoms with van der Waals surface area (Å²) in [6.45, 7) is 4.39. The lowest BCUT2D eigenvalue weighted by Gasteiger charge is -2.11. The van der Waals surface area contributed by atoms with Crippen LogP contribution >= 0.6 is 0 Å². The molecule has 2 aromatic rings. The number of methoxy groups -OCH3 is 1. The minimum absolute atomic E-state index is 0.581. The average molecular weight is 242 g/mol. The Kier molecular flexibility index (Phi) is 3.92. The molecule has 3 heteroatoms. The molecule has 0 aliphatic rings. The zero-order valence-electron chi connectivity index (χ0n) is 11.1. The zero-order chi connectivity index (χ0) is 13.0. The highest BCUT2D eigenvalue weighted by atomic mass is 16.5. The van der Waals surface area contributed by atoms with Gasteiger partial charge >= 0.3 is 0 Å². The fourth-order valence-corrected chi connectivity index (χ4v) is 1.93. The first-order valence-corrected chi connectivity index (χ1v) is 6.14. The van der Waals surface area contributed by atoms with Gasteiger partial charge in [0.1, 0.15) is 5.75 Å². The summed E-state index contributed by atoms with van der Waals surface area (Å²) >= 11 is 0. The van der Waals surface area contributed by atoms with Crippen molar-refractivity contribution < 1.29 is 4.74 Å². The normalized spacial score (nSPS) is 10.7. The summed E-state index contributed by atoms with van der Waals surface area (Å²) in [6, 6.07) is 6.04. The van der Waals surface area contributed by atoms with Crippen LogP contribution in [-0.2, 0) is 6.42 Å². The molecule has 0 spiro atoms. The van der Waals surface area contributed by atoms with Gasteiger partial charge in [-0.15, -0.1) is 0 Å². The Morgan fingerprint density at radius 1 is 1.28 bits per heavy atom. The number of pyridine rings is 2. The monoisotopic (exact) mass is 242 g/mol. The standard InChI is InChI=1S/C15H18N2O/c1-11(2)7-15-14(5-4-6-17-15)12-8-13(18-3)10-16-9-12/h4-6,8-11H,7H2,1-3H3. The second-order valence-electron chi connectivity index (χ2n) is 4.71. The van der Waals surface area contributed by atoms with Crippen LogP contribution in [0.4, 0.5) is 0 Å². The van der Waals surface area contributed by atoms with E-state index < -0.39 is 0 Å². The number of hydrogen-bond donors (Lipinski definition) is 0. The van der Waals surface area contributed by atoms with Gasteiger partial charge < -0.3 is 4.74 Å². The van der Waals surface area contributed by atoms with E-state index in [1.54, 1.807) is 13.3 Å². The molecular weight excluding hydrogens is 224 g/mol. The molecule has 2 heterocycles. The van der Waals surface area contributed by atoms with Gasteiger partial charge in [0.25, 0.3) is 0 Å². The second-order valence-corrected chi connectivity index (χ2v) is 4.71. The van der Waals surface area contributed by atoms with Crippen molar-refractivity contribution in [2.75, 3.05) is 7.11 Å². The van der Waals surface area contributed by atoms with Crippen molar-refractivity contribution in [1.29, 1.82) is 0 Å². The van der Waals surface area contributed by atoms with E-state index in [2.05, 4.69) is 29.9 Å². The van der Waals surface area contributed by atoms with Gasteiger partial charge in [-0.25, -0.2) is 0 Å². The van der Waals surface area contributed by atoms with E-state index in [1.807, 2.05) is 24.5 Å². The van der Waals surface area contributed by atoms with Crippen LogP contribution in [0, 0.1) is 5.92 Å². The quantitative estimate of drug-likeness (QED) is 0.824. The smallest absolute Gasteiger partial charge is 0.137 e. The molecule has 0 atom stereocenters. The molecule has 0 saturated heterocycles. The predicted octanol–water partition coefficient (Wildman–Crippen LogP) is 3.35. The van der Waals surface area contributed by atoms with Gasteiger partial charge in [-0.2, -0.15) is 0 Å². The van der Waals surface area contributed by atoms with Gasteiger partial charge in [0.15, 0.2) is 0 Å². The van der Waals surface area contributed by atoms with Crippen molar-refractivity contribution in [3.8, 4) is 16.9 Å². The van der Waals surface area contributed by atoms with Crippen LogP contribution < -0.4 is 4.74 Å². The molecule has 0 saturated carbocycles. The van der Waals surface area contributed by atoms with Gasteiger partial charge in [-0.1, -0.05) is 19.9 Å². The molecule has 2 aromatic heterocycles. The van der Waals surface area contributed by atoms with Gasteiger partial charge in [0.2, 0.25) is 0 Å². The van der Waals surface area contributed by atoms with Crippen LogP contribution in [0.3, 0.4) is 0 Å². The number of nitrogens with zero attached hydrogens (tertiary/aromatic N) is 2. The molecule has 0 bridgehead atoms. The molecule has 3 nitrogen and oxygen atoms in total. The lowest BCUT2D eigenvalue weighted by molar-refractivity contribution is 0.413. The summed E-state index contributed by atoms with van der Waals surface area (Å²) in [4.78, 5) is 8.68. The van der Waals surface area contributed by atoms with E-state index >= 15 is 0 Å². The lowest BCUT2D eigenvalue weighted by Crippen LogP contribution is -2.00. The van der Waals surface area contributed by atoms with E-state index in [4.69, 9.17) is 4.74 Å². The zero-order valence-corrected chi connectivity index (χ0v) is 11.1. The molecule has 0 aromatic carbocycles. The van der Waals surface area contributed by atoms with E-state index in [0.717, 1.165) is 29.0 Å². The Morgan fingerprint density at radius 2 is 2.11 bits per heavy atom. The van der Waals surface area contributed by atoms with E-state index in [1.165, 1.54) is 0 Å². The first-order chi connectivity index (χ1) is 8.70. The fourth-order valence-electron chi connectivity index (χ4n) is 1.93. The second kappa shape index (κ2) is 5.63. The van der Waals surface area contributed by atoms with Gasteiger partial charge in [0, 0.05) is 29.2 Å². The van der Waals surface area contributed by atoms with Crippen molar-refractivity contribution in [3.63, 3.8) is 0 Å². The van der Waals surface area contributed by atoms with Crippen LogP contribution in [0.2, 0.25) is 0 Å². The molecule has 0 unspecified atom stereocenters. The predicted molar refractivity (Wildman–Crippen MR) is 72.6 cm³/mol. The first-order valence-electron chi connectivity index (χ1n) is 6.14. The molecule has 2 rings (SSSR count). The summed E-state index contributed by atoms with van der Waals surface area (Å²) in [7, 11) is 1.65. The largest absolute Gasteiger partial charge is 0.495 e. The molecule has 94 valence electrons. The van der Waals surface area contributed by atoms with Crippen molar-refractivity contribution in [2.45, 2.75) is 20.3 Å². The Morgan fingerprint density at radius 3 is 2.83 bits per heavy atom. The Labute approximate surface area is 108 Å². The fraction of sp³-hybridized carbons (Fsp3) is 0.333. The van der Waals surface area contributed by atoms with Crippen LogP contribution in [0.1, 0.15) is 19.5 Å². The Bertz CT molecular complexity index is 523. The lowest BCUT2D eigenvalue weighted by atomic mass is 9.99. The van der Waals surface area contributed by atoms with Gasteiger partial charge in [-0.3, -0.25) is 9.97 Å². The number of aromatic nitrogens is 2. The third kappa shape index (κ3) is 2.86. The first kappa shape index (κ1) is 12.6. The average Bonchev–Trinajstić information content (AvgIpc) is 2.39. The minimum atomic E-state index is 0.581. The number of rotatable bonds is 4. The summed E-state index contributed by atoms with van der Waals surface area (Å²) < 4.78 is 5.21. The summed E-state index contributed by atoms with van der Waals surface area (Å²) in [5.41, 5.74) is 3.30. The molecule has 0 N–H and O–H groups in total. The molecule has 0 amide bonds. The third-order valence-electron chi connectivity index (χ3n) is 2.75. The molecule has 0 aliphatic carbocycles. The highest BCUT2D eigenvalue weighted by molar-refractivity contribution is 5.66. The van der Waals surface area contributed by atoms with Gasteiger partial charge in [0.05, 0.1) is 13.3 Å². The SMILES string of the molecule is COc1cncc(-c2cccnc2CC(C)C)c1. The van der Waals surface area contributed by atoms with E-state index in [0.29, 0.717) is 5.92 Å². The van der Waals surface area contributed by atoms with Crippen molar-refractivity contribution >= 4 is 0 Å². The van der Waals surface area contributed by atoms with E-state index in [-0.39, 0.29) is 0 Å². The third-order valence-corrected chi connectivity index (χ3v) is 2.75. The molecule has 0 aliphatic heterocycles. The maximum Gasteiger partial charge on any atom is 0.137 e. The summed E-state index contributed by atoms with van der Waals surface area (Å²) in [5, 5.41) is 0. The van der Waals surface area contributed by atoms with Gasteiger partial charge in [-0.05, 0) is 24.5 Å². The molecular formula is C15H18N2O. The minimum Gasteiger partial charge on any atom is -0.495 e. The maximum atomic E-state index is 5.21. The molecule has 18 heavy (non-hydrogen) atoms. The van der Waals surface area contributed by atoms with Crippen molar-refractivity contribution in [3.05, 3.63) is 42.5 Å². The van der Waals surface area contributed by atoms with Crippen molar-refractivity contribution in [2.24, 2.45) is 5.92 Å². The van der Waals surface area contributed by atoms with Crippen LogP contribution in [-0.4, -0.2) is 17.1 Å². The van der Waals surface area contributed by atoms with E-state index in [9.17, 15) is 0 Å². The summed E-state index contributed by atoms with van der Waals surface area (Å²) in [5.74, 6) is 1.35. The van der Waals surface area contributed by atoms with Crippen LogP contribution in [0.5, 0.6) is 5.75 Å². The maximum absolute atomic E-state index is 5.21. The topological polar surface area (TPSA) is 35.0 Å². The number of hydrogen-bond acceptors (Lipinski definition) is 3. The molecule has 0 radical (unpaired) electrons. The highest BCUT2D eigenvalue weighted by Gasteiger charge is 2.08. The summed E-state index contributed by atoms with van der Waals surface area (Å²) in [6.07, 6.45) is 6.37. The van der Waals surface area contributed by atoms with Crippen LogP contribution in [0.15, 0.2) is 36.8 Å².